The van der Waals surface area contributed by atoms with Gasteiger partial charge in [0.25, 0.3) is 5.54 Å². The quantitative estimate of drug-likeness (QED) is 0.224. The van der Waals surface area contributed by atoms with Crippen molar-refractivity contribution >= 4 is 17.8 Å². The van der Waals surface area contributed by atoms with E-state index >= 15 is 0 Å². The summed E-state index contributed by atoms with van der Waals surface area (Å²) in [5, 5.41) is 1.75. The number of benzene rings is 4. The van der Waals surface area contributed by atoms with E-state index in [0.717, 1.165) is 21.7 Å². The van der Waals surface area contributed by atoms with E-state index in [-0.39, 0.29) is 0 Å². The minimum atomic E-state index is -2.81. The number of hydrogen-bond acceptors (Lipinski definition) is 1. The third-order valence-electron chi connectivity index (χ3n) is 6.05. The van der Waals surface area contributed by atoms with Crippen molar-refractivity contribution in [2.75, 3.05) is 6.16 Å². The molecule has 4 aromatic carbocycles. The number of rotatable bonds is 8. The first kappa shape index (κ1) is 21.8. The van der Waals surface area contributed by atoms with Gasteiger partial charge in [0.15, 0.2) is 0 Å². The van der Waals surface area contributed by atoms with Gasteiger partial charge in [0, 0.05) is 34.3 Å². The zero-order valence-electron chi connectivity index (χ0n) is 18.0. The van der Waals surface area contributed by atoms with Crippen molar-refractivity contribution in [2.24, 2.45) is 0 Å². The maximum atomic E-state index is 14.4. The predicted octanol–water partition coefficient (Wildman–Crippen LogP) is 6.64. The Morgan fingerprint density at radius 1 is 0.625 bits per heavy atom. The fourth-order valence-electron chi connectivity index (χ4n) is 4.37. The second-order valence-electron chi connectivity index (χ2n) is 7.94. The molecule has 4 aromatic rings. The molecule has 0 aromatic heterocycles. The maximum Gasteiger partial charge on any atom is 0.282 e. The summed E-state index contributed by atoms with van der Waals surface area (Å²) in [6.45, 7) is 8.20. The van der Waals surface area contributed by atoms with Crippen LogP contribution in [-0.2, 0) is 10.1 Å². The highest BCUT2D eigenvalue weighted by Crippen LogP contribution is 2.46. The molecule has 0 saturated heterocycles. The van der Waals surface area contributed by atoms with Crippen molar-refractivity contribution < 1.29 is 4.57 Å². The minimum Gasteiger partial charge on any atom is -0.314 e. The Morgan fingerprint density at radius 2 is 1.00 bits per heavy atom. The molecule has 0 amide bonds. The van der Waals surface area contributed by atoms with Crippen molar-refractivity contribution in [2.45, 2.75) is 18.4 Å². The summed E-state index contributed by atoms with van der Waals surface area (Å²) in [5.74, 6) is 0. The van der Waals surface area contributed by atoms with Crippen LogP contribution in [0, 0.1) is 6.57 Å². The van der Waals surface area contributed by atoms with Crippen LogP contribution < -0.4 is 10.6 Å². The Hall–Kier alpha value is -3.40. The second kappa shape index (κ2) is 9.82. The average molecular weight is 436 g/mol. The first-order valence-corrected chi connectivity index (χ1v) is 12.8. The standard InChI is InChI=1S/C29H26NOP/c1-30-29(25-15-6-2-7-16-25,26-17-8-3-9-18-26)23-14-24-32(31,27-19-10-4-11-20-27)28-21-12-5-13-22-28/h2-13,15-22H,14,23-24H2. The molecule has 0 radical (unpaired) electrons. The molecular weight excluding hydrogens is 409 g/mol. The molecule has 0 aliphatic heterocycles. The van der Waals surface area contributed by atoms with Gasteiger partial charge in [-0.25, -0.2) is 6.57 Å². The number of hydrogen-bond donors (Lipinski definition) is 0. The van der Waals surface area contributed by atoms with Gasteiger partial charge in [0.2, 0.25) is 0 Å². The third-order valence-corrected chi connectivity index (χ3v) is 9.26. The normalized spacial score (nSPS) is 11.6. The summed E-state index contributed by atoms with van der Waals surface area (Å²) < 4.78 is 14.4. The molecule has 0 N–H and O–H groups in total. The van der Waals surface area contributed by atoms with Crippen LogP contribution in [0.4, 0.5) is 0 Å². The highest BCUT2D eigenvalue weighted by atomic mass is 31.2. The van der Waals surface area contributed by atoms with Gasteiger partial charge < -0.3 is 4.57 Å². The zero-order chi connectivity index (χ0) is 22.3. The SMILES string of the molecule is [C-]#[N+]C(CCCP(=O)(c1ccccc1)c1ccccc1)(c1ccccc1)c1ccccc1. The lowest BCUT2D eigenvalue weighted by Crippen LogP contribution is -2.25. The lowest BCUT2D eigenvalue weighted by molar-refractivity contribution is 0.554. The molecule has 2 nitrogen and oxygen atoms in total. The van der Waals surface area contributed by atoms with E-state index in [1.165, 1.54) is 0 Å². The van der Waals surface area contributed by atoms with E-state index in [2.05, 4.69) is 4.85 Å². The monoisotopic (exact) mass is 435 g/mol. The smallest absolute Gasteiger partial charge is 0.282 e. The van der Waals surface area contributed by atoms with E-state index in [1.807, 2.05) is 121 Å². The van der Waals surface area contributed by atoms with Gasteiger partial charge in [-0.3, -0.25) is 4.85 Å². The van der Waals surface area contributed by atoms with Crippen molar-refractivity contribution in [3.63, 3.8) is 0 Å². The van der Waals surface area contributed by atoms with E-state index in [1.54, 1.807) is 0 Å². The highest BCUT2D eigenvalue weighted by Gasteiger charge is 2.41. The van der Waals surface area contributed by atoms with Crippen LogP contribution in [0.1, 0.15) is 24.0 Å². The van der Waals surface area contributed by atoms with Gasteiger partial charge in [-0.2, -0.15) is 0 Å². The molecule has 4 rings (SSSR count). The van der Waals surface area contributed by atoms with E-state index in [4.69, 9.17) is 6.57 Å². The van der Waals surface area contributed by atoms with Gasteiger partial charge in [-0.15, -0.1) is 0 Å². The van der Waals surface area contributed by atoms with E-state index in [9.17, 15) is 4.57 Å². The van der Waals surface area contributed by atoms with Gasteiger partial charge in [-0.1, -0.05) is 121 Å². The van der Waals surface area contributed by atoms with Crippen LogP contribution in [0.25, 0.3) is 4.85 Å². The third kappa shape index (κ3) is 4.31. The van der Waals surface area contributed by atoms with E-state index < -0.39 is 12.7 Å². The summed E-state index contributed by atoms with van der Waals surface area (Å²) >= 11 is 0. The lowest BCUT2D eigenvalue weighted by Gasteiger charge is -2.25. The Kier molecular flexibility index (Phi) is 6.69. The first-order valence-electron chi connectivity index (χ1n) is 10.9. The van der Waals surface area contributed by atoms with Crippen molar-refractivity contribution in [3.8, 4) is 0 Å². The average Bonchev–Trinajstić information content (AvgIpc) is 2.89. The summed E-state index contributed by atoms with van der Waals surface area (Å²) in [4.78, 5) is 4.19. The van der Waals surface area contributed by atoms with Crippen LogP contribution in [-0.4, -0.2) is 6.16 Å². The summed E-state index contributed by atoms with van der Waals surface area (Å²) in [5.41, 5.74) is 1.17. The topological polar surface area (TPSA) is 21.4 Å². The molecule has 0 heterocycles. The van der Waals surface area contributed by atoms with Crippen LogP contribution in [0.2, 0.25) is 0 Å². The Labute approximate surface area is 190 Å². The van der Waals surface area contributed by atoms with Gasteiger partial charge >= 0.3 is 0 Å². The number of nitrogens with zero attached hydrogens (tertiary/aromatic N) is 1. The van der Waals surface area contributed by atoms with Crippen LogP contribution >= 0.6 is 7.14 Å². The van der Waals surface area contributed by atoms with Crippen LogP contribution in [0.5, 0.6) is 0 Å². The van der Waals surface area contributed by atoms with E-state index in [0.29, 0.717) is 19.0 Å². The summed E-state index contributed by atoms with van der Waals surface area (Å²) in [6, 6.07) is 39.5. The molecule has 0 bridgehead atoms. The maximum absolute atomic E-state index is 14.4. The van der Waals surface area contributed by atoms with Crippen LogP contribution in [0.3, 0.4) is 0 Å². The fourth-order valence-corrected chi connectivity index (χ4v) is 7.10. The minimum absolute atomic E-state index is 0.526. The molecular formula is C29H26NOP. The molecule has 0 saturated carbocycles. The zero-order valence-corrected chi connectivity index (χ0v) is 18.9. The molecule has 0 aliphatic rings. The van der Waals surface area contributed by atoms with Crippen molar-refractivity contribution in [1.82, 2.24) is 0 Å². The predicted molar refractivity (Wildman–Crippen MR) is 134 cm³/mol. The molecule has 3 heteroatoms. The molecule has 0 spiro atoms. The highest BCUT2D eigenvalue weighted by molar-refractivity contribution is 7.78. The molecule has 0 fully saturated rings. The summed E-state index contributed by atoms with van der Waals surface area (Å²) in [7, 11) is -2.81. The summed E-state index contributed by atoms with van der Waals surface area (Å²) in [6.07, 6.45) is 1.80. The first-order chi connectivity index (χ1) is 15.7. The largest absolute Gasteiger partial charge is 0.314 e. The van der Waals surface area contributed by atoms with Crippen molar-refractivity contribution in [1.29, 1.82) is 0 Å². The Bertz CT molecular complexity index is 1130. The van der Waals surface area contributed by atoms with Crippen LogP contribution in [0.15, 0.2) is 121 Å². The van der Waals surface area contributed by atoms with Crippen molar-refractivity contribution in [3.05, 3.63) is 144 Å². The Morgan fingerprint density at radius 3 is 1.38 bits per heavy atom. The molecule has 0 atom stereocenters. The van der Waals surface area contributed by atoms with Gasteiger partial charge in [0.1, 0.15) is 7.14 Å². The molecule has 0 aliphatic carbocycles. The molecule has 32 heavy (non-hydrogen) atoms. The molecule has 0 unspecified atom stereocenters. The lowest BCUT2D eigenvalue weighted by atomic mass is 9.80. The van der Waals surface area contributed by atoms with Gasteiger partial charge in [-0.05, 0) is 6.42 Å². The fraction of sp³-hybridized carbons (Fsp3) is 0.138. The molecule has 158 valence electrons. The second-order valence-corrected chi connectivity index (χ2v) is 10.9. The Balaban J connectivity index is 1.69. The van der Waals surface area contributed by atoms with Gasteiger partial charge in [0.05, 0.1) is 0 Å².